The van der Waals surface area contributed by atoms with E-state index in [4.69, 9.17) is 15.0 Å². The molecule has 0 unspecified atom stereocenters. The topological polar surface area (TPSA) is 43.6 Å². The van der Waals surface area contributed by atoms with E-state index < -0.39 is 0 Å². The van der Waals surface area contributed by atoms with Crippen molar-refractivity contribution in [1.29, 1.82) is 0 Å². The fraction of sp³-hybridized carbons (Fsp3) is 0.0156. The molecule has 0 atom stereocenters. The maximum Gasteiger partial charge on any atom is 0.238 e. The molecule has 0 aliphatic heterocycles. The molecule has 14 rings (SSSR count). The van der Waals surface area contributed by atoms with Gasteiger partial charge in [-0.15, -0.1) is 0 Å². The average Bonchev–Trinajstić information content (AvgIpc) is 4.03. The highest BCUT2D eigenvalue weighted by atomic mass is 15.2. The van der Waals surface area contributed by atoms with Gasteiger partial charge < -0.3 is 0 Å². The number of para-hydroxylation sites is 1. The molecule has 4 nitrogen and oxygen atoms in total. The van der Waals surface area contributed by atoms with Crippen LogP contribution in [0.3, 0.4) is 0 Å². The lowest BCUT2D eigenvalue weighted by molar-refractivity contribution is 0.794. The highest BCUT2D eigenvalue weighted by Gasteiger charge is 2.51. The second-order valence-electron chi connectivity index (χ2n) is 17.9. The normalized spacial score (nSPS) is 12.8. The van der Waals surface area contributed by atoms with Crippen LogP contribution in [0.4, 0.5) is 0 Å². The van der Waals surface area contributed by atoms with E-state index in [1.54, 1.807) is 0 Å². The largest absolute Gasteiger partial charge is 0.278 e. The molecule has 10 aromatic carbocycles. The van der Waals surface area contributed by atoms with Crippen LogP contribution in [0.2, 0.25) is 0 Å². The molecule has 0 bridgehead atoms. The Morgan fingerprint density at radius 1 is 0.265 bits per heavy atom. The Bertz CT molecular complexity index is 3800. The van der Waals surface area contributed by atoms with Crippen LogP contribution in [0.15, 0.2) is 243 Å². The summed E-state index contributed by atoms with van der Waals surface area (Å²) in [4.78, 5) is 15.7. The van der Waals surface area contributed by atoms with Gasteiger partial charge in [0.05, 0.1) is 16.4 Å². The lowest BCUT2D eigenvalue weighted by atomic mass is 9.70. The number of hydrogen-bond donors (Lipinski definition) is 0. The van der Waals surface area contributed by atoms with E-state index in [9.17, 15) is 0 Å². The van der Waals surface area contributed by atoms with Crippen LogP contribution in [0.25, 0.3) is 106 Å². The zero-order valence-corrected chi connectivity index (χ0v) is 36.9. The van der Waals surface area contributed by atoms with Gasteiger partial charge in [-0.05, 0) is 102 Å². The molecule has 0 N–H and O–H groups in total. The van der Waals surface area contributed by atoms with Gasteiger partial charge in [-0.25, -0.2) is 4.98 Å². The van der Waals surface area contributed by atoms with Gasteiger partial charge in [0.2, 0.25) is 5.95 Å². The molecule has 2 aromatic heterocycles. The molecule has 68 heavy (non-hydrogen) atoms. The van der Waals surface area contributed by atoms with Gasteiger partial charge in [0.1, 0.15) is 0 Å². The molecule has 4 heteroatoms. The van der Waals surface area contributed by atoms with Crippen molar-refractivity contribution in [1.82, 2.24) is 19.5 Å². The van der Waals surface area contributed by atoms with Crippen LogP contribution in [-0.2, 0) is 5.41 Å². The Morgan fingerprint density at radius 2 is 0.662 bits per heavy atom. The quantitative estimate of drug-likeness (QED) is 0.167. The summed E-state index contributed by atoms with van der Waals surface area (Å²) in [5.74, 6) is 1.80. The fourth-order valence-electron chi connectivity index (χ4n) is 11.3. The van der Waals surface area contributed by atoms with Gasteiger partial charge in [-0.3, -0.25) is 4.57 Å². The number of rotatable bonds is 6. The minimum atomic E-state index is -0.370. The summed E-state index contributed by atoms with van der Waals surface area (Å²) >= 11 is 0. The summed E-state index contributed by atoms with van der Waals surface area (Å²) in [7, 11) is 0. The number of nitrogens with zero attached hydrogens (tertiary/aromatic N) is 4. The summed E-state index contributed by atoms with van der Waals surface area (Å²) < 4.78 is 2.21. The molecule has 0 amide bonds. The Balaban J connectivity index is 0.919. The second-order valence-corrected chi connectivity index (χ2v) is 17.9. The van der Waals surface area contributed by atoms with Crippen LogP contribution < -0.4 is 0 Å². The third-order valence-corrected chi connectivity index (χ3v) is 14.3. The third-order valence-electron chi connectivity index (χ3n) is 14.3. The Kier molecular flexibility index (Phi) is 8.46. The summed E-state index contributed by atoms with van der Waals surface area (Å²) in [6, 6.07) is 87.5. The first kappa shape index (κ1) is 38.3. The summed E-state index contributed by atoms with van der Waals surface area (Å²) in [6.45, 7) is 0. The first-order chi connectivity index (χ1) is 33.7. The van der Waals surface area contributed by atoms with Crippen molar-refractivity contribution in [3.05, 3.63) is 265 Å². The first-order valence-corrected chi connectivity index (χ1v) is 23.3. The molecule has 2 aliphatic carbocycles. The highest BCUT2D eigenvalue weighted by Crippen LogP contribution is 2.63. The van der Waals surface area contributed by atoms with Gasteiger partial charge in [0, 0.05) is 21.9 Å². The first-order valence-electron chi connectivity index (χ1n) is 23.3. The number of aromatic nitrogens is 4. The van der Waals surface area contributed by atoms with E-state index in [-0.39, 0.29) is 5.41 Å². The molecule has 0 saturated carbocycles. The molecule has 2 heterocycles. The Labute approximate surface area is 394 Å². The number of fused-ring (bicyclic) bond motifs is 13. The maximum atomic E-state index is 5.29. The van der Waals surface area contributed by atoms with Crippen molar-refractivity contribution in [2.45, 2.75) is 5.41 Å². The molecule has 12 aromatic rings. The van der Waals surface area contributed by atoms with Gasteiger partial charge in [0.25, 0.3) is 0 Å². The zero-order chi connectivity index (χ0) is 44.8. The number of hydrogen-bond acceptors (Lipinski definition) is 3. The van der Waals surface area contributed by atoms with E-state index in [1.165, 1.54) is 61.2 Å². The summed E-state index contributed by atoms with van der Waals surface area (Å²) in [5.41, 5.74) is 21.1. The molecule has 316 valence electrons. The summed E-state index contributed by atoms with van der Waals surface area (Å²) in [5, 5.41) is 2.27. The lowest BCUT2D eigenvalue weighted by Crippen LogP contribution is -2.25. The van der Waals surface area contributed by atoms with Gasteiger partial charge in [-0.1, -0.05) is 218 Å². The molecule has 0 saturated heterocycles. The predicted molar refractivity (Wildman–Crippen MR) is 278 cm³/mol. The van der Waals surface area contributed by atoms with E-state index in [0.717, 1.165) is 49.6 Å². The van der Waals surface area contributed by atoms with Crippen molar-refractivity contribution in [2.75, 3.05) is 0 Å². The van der Waals surface area contributed by atoms with Gasteiger partial charge in [0.15, 0.2) is 11.6 Å². The van der Waals surface area contributed by atoms with Crippen molar-refractivity contribution >= 4 is 21.8 Å². The van der Waals surface area contributed by atoms with E-state index in [0.29, 0.717) is 17.6 Å². The molecule has 1 spiro atoms. The summed E-state index contributed by atoms with van der Waals surface area (Å²) in [6.07, 6.45) is 0. The number of benzene rings is 10. The fourth-order valence-corrected chi connectivity index (χ4v) is 11.3. The maximum absolute atomic E-state index is 5.29. The monoisotopic (exact) mass is 864 g/mol. The smallest absolute Gasteiger partial charge is 0.238 e. The van der Waals surface area contributed by atoms with Crippen LogP contribution in [-0.4, -0.2) is 19.5 Å². The highest BCUT2D eigenvalue weighted by molar-refractivity contribution is 6.10. The van der Waals surface area contributed by atoms with E-state index >= 15 is 0 Å². The lowest BCUT2D eigenvalue weighted by Gasteiger charge is -2.30. The van der Waals surface area contributed by atoms with Crippen molar-refractivity contribution in [3.63, 3.8) is 0 Å². The van der Waals surface area contributed by atoms with Gasteiger partial charge >= 0.3 is 0 Å². The minimum absolute atomic E-state index is 0.370. The molecule has 0 fully saturated rings. The third kappa shape index (κ3) is 5.71. The van der Waals surface area contributed by atoms with E-state index in [2.05, 4.69) is 235 Å². The molecule has 2 aliphatic rings. The standard InChI is InChI=1S/C64H40N4/c1-3-15-41(16-4-1)43-27-31-45(32-28-43)61-65-62(46-33-29-44(30-34-46)42-17-5-2-6-18-42)67-63(66-61)68-59-26-14-10-22-52(59)54-40-48(36-38-60(54)68)47-35-37-58-53(39-47)51-21-9-13-25-57(51)64(58)55-23-11-7-19-49(55)50-20-8-12-24-56(50)64/h1-40H. The van der Waals surface area contributed by atoms with E-state index in [1.807, 2.05) is 12.1 Å². The van der Waals surface area contributed by atoms with Crippen LogP contribution >= 0.6 is 0 Å². The van der Waals surface area contributed by atoms with Crippen LogP contribution in [0, 0.1) is 0 Å². The Morgan fingerprint density at radius 3 is 1.24 bits per heavy atom. The minimum Gasteiger partial charge on any atom is -0.278 e. The van der Waals surface area contributed by atoms with Crippen molar-refractivity contribution in [3.8, 4) is 84.4 Å². The zero-order valence-electron chi connectivity index (χ0n) is 36.9. The molecule has 0 radical (unpaired) electrons. The van der Waals surface area contributed by atoms with Crippen LogP contribution in [0.1, 0.15) is 22.3 Å². The van der Waals surface area contributed by atoms with Gasteiger partial charge in [-0.2, -0.15) is 9.97 Å². The SMILES string of the molecule is c1ccc(-c2ccc(-c3nc(-c4ccc(-c5ccccc5)cc4)nc(-n4c5ccccc5c5cc(-c6ccc7c(c6)-c6ccccc6C76c7ccccc7-c7ccccc76)ccc54)n3)cc2)cc1. The second kappa shape index (κ2) is 15.0. The average molecular weight is 865 g/mol. The predicted octanol–water partition coefficient (Wildman–Crippen LogP) is 15.6. The Hall–Kier alpha value is -8.99. The molecular formula is C64H40N4. The van der Waals surface area contributed by atoms with Crippen molar-refractivity contribution < 1.29 is 0 Å². The van der Waals surface area contributed by atoms with Crippen molar-refractivity contribution in [2.24, 2.45) is 0 Å². The molecular weight excluding hydrogens is 825 g/mol. The van der Waals surface area contributed by atoms with Crippen LogP contribution in [0.5, 0.6) is 0 Å².